The van der Waals surface area contributed by atoms with E-state index in [2.05, 4.69) is 25.9 Å². The zero-order valence-corrected chi connectivity index (χ0v) is 23.0. The summed E-state index contributed by atoms with van der Waals surface area (Å²) in [6, 6.07) is 9.09. The Morgan fingerprint density at radius 2 is 1.62 bits per heavy atom. The Morgan fingerprint density at radius 1 is 1.00 bits per heavy atom. The first kappa shape index (κ1) is 28.5. The number of hydrogen-bond donors (Lipinski definition) is 0. The molecule has 7 heteroatoms. The number of allylic oxidation sites excluding steroid dienone is 2. The van der Waals surface area contributed by atoms with Crippen LogP contribution < -0.4 is 5.01 Å². The number of rotatable bonds is 14. The fourth-order valence-electron chi connectivity index (χ4n) is 4.34. The molecule has 2 aliphatic rings. The average molecular weight is 510 g/mol. The first-order valence-electron chi connectivity index (χ1n) is 13.8. The molecule has 0 atom stereocenters. The van der Waals surface area contributed by atoms with Crippen LogP contribution in [0.25, 0.3) is 0 Å². The molecular formula is C30H43N3O4. The van der Waals surface area contributed by atoms with Crippen molar-refractivity contribution in [3.8, 4) is 0 Å². The van der Waals surface area contributed by atoms with Crippen molar-refractivity contribution in [2.75, 3.05) is 25.3 Å². The molecule has 37 heavy (non-hydrogen) atoms. The molecule has 0 aromatic heterocycles. The van der Waals surface area contributed by atoms with Crippen LogP contribution in [0.15, 0.2) is 59.0 Å². The number of hydrogen-bond acceptors (Lipinski definition) is 6. The molecule has 2 aliphatic heterocycles. The molecule has 2 heterocycles. The third kappa shape index (κ3) is 7.94. The molecule has 0 N–H and O–H groups in total. The molecule has 1 aromatic carbocycles. The van der Waals surface area contributed by atoms with Crippen molar-refractivity contribution in [1.29, 1.82) is 0 Å². The molecule has 0 saturated carbocycles. The van der Waals surface area contributed by atoms with Crippen LogP contribution in [0.3, 0.4) is 0 Å². The first-order chi connectivity index (χ1) is 17.8. The Labute approximate surface area is 222 Å². The molecule has 0 spiro atoms. The minimum atomic E-state index is -0.576. The number of unbranched alkanes of at least 4 members (excludes halogenated alkanes) is 9. The number of ether oxygens (including phenoxy) is 2. The third-order valence-electron chi connectivity index (χ3n) is 7.01. The van der Waals surface area contributed by atoms with Gasteiger partial charge in [-0.2, -0.15) is 10.1 Å². The highest BCUT2D eigenvalue weighted by molar-refractivity contribution is 6.53. The maximum Gasteiger partial charge on any atom is 0.359 e. The number of benzene rings is 1. The smallest absolute Gasteiger partial charge is 0.359 e. The Hall–Kier alpha value is -3.09. The summed E-state index contributed by atoms with van der Waals surface area (Å²) < 4.78 is 11.3. The summed E-state index contributed by atoms with van der Waals surface area (Å²) in [6.07, 6.45) is 15.4. The second-order valence-electron chi connectivity index (χ2n) is 10.5. The van der Waals surface area contributed by atoms with Gasteiger partial charge in [-0.25, -0.2) is 4.79 Å². The Balaban J connectivity index is 1.57. The first-order valence-corrected chi connectivity index (χ1v) is 13.8. The molecule has 202 valence electrons. The number of carbonyl (C=O) groups excluding carboxylic acids is 2. The SMILES string of the molecule is CCCCCCCCCCCCOC(=O)C1=NN(c2ccccc2)C(=O)C1=C/C=C1\OCC(C)(C)N1C. The van der Waals surface area contributed by atoms with Gasteiger partial charge in [0.1, 0.15) is 6.61 Å². The summed E-state index contributed by atoms with van der Waals surface area (Å²) in [5, 5.41) is 5.61. The lowest BCUT2D eigenvalue weighted by atomic mass is 10.1. The van der Waals surface area contributed by atoms with Gasteiger partial charge in [-0.15, -0.1) is 0 Å². The zero-order valence-electron chi connectivity index (χ0n) is 23.0. The monoisotopic (exact) mass is 509 g/mol. The highest BCUT2D eigenvalue weighted by atomic mass is 16.5. The molecule has 7 nitrogen and oxygen atoms in total. The number of anilines is 1. The Morgan fingerprint density at radius 3 is 2.22 bits per heavy atom. The normalized spacial score (nSPS) is 19.0. The number of hydrazone groups is 1. The van der Waals surface area contributed by atoms with Crippen LogP contribution in [0.4, 0.5) is 5.69 Å². The van der Waals surface area contributed by atoms with Gasteiger partial charge in [-0.1, -0.05) is 82.9 Å². The molecular weight excluding hydrogens is 466 g/mol. The molecule has 1 saturated heterocycles. The topological polar surface area (TPSA) is 71.4 Å². The molecule has 0 unspecified atom stereocenters. The van der Waals surface area contributed by atoms with E-state index in [0.717, 1.165) is 19.3 Å². The summed E-state index contributed by atoms with van der Waals surface area (Å²) in [5.41, 5.74) is 0.674. The van der Waals surface area contributed by atoms with Gasteiger partial charge in [0.2, 0.25) is 0 Å². The molecule has 1 amide bonds. The average Bonchev–Trinajstić information content (AvgIpc) is 3.36. The predicted molar refractivity (Wildman–Crippen MR) is 148 cm³/mol. The van der Waals surface area contributed by atoms with Crippen LogP contribution >= 0.6 is 0 Å². The molecule has 0 bridgehead atoms. The van der Waals surface area contributed by atoms with Crippen molar-refractivity contribution in [3.63, 3.8) is 0 Å². The lowest BCUT2D eigenvalue weighted by Gasteiger charge is -2.25. The van der Waals surface area contributed by atoms with Gasteiger partial charge in [0, 0.05) is 7.05 Å². The molecule has 1 aromatic rings. The van der Waals surface area contributed by atoms with Gasteiger partial charge in [0.05, 0.1) is 23.4 Å². The third-order valence-corrected chi connectivity index (χ3v) is 7.01. The second-order valence-corrected chi connectivity index (χ2v) is 10.5. The van der Waals surface area contributed by atoms with Crippen LogP contribution in [0.1, 0.15) is 85.0 Å². The van der Waals surface area contributed by atoms with E-state index in [1.807, 2.05) is 30.1 Å². The highest BCUT2D eigenvalue weighted by Crippen LogP contribution is 2.29. The maximum atomic E-state index is 13.2. The highest BCUT2D eigenvalue weighted by Gasteiger charge is 2.37. The van der Waals surface area contributed by atoms with Gasteiger partial charge < -0.3 is 14.4 Å². The van der Waals surface area contributed by atoms with E-state index in [9.17, 15) is 9.59 Å². The van der Waals surface area contributed by atoms with Gasteiger partial charge in [0.15, 0.2) is 11.6 Å². The van der Waals surface area contributed by atoms with Crippen molar-refractivity contribution >= 4 is 23.3 Å². The van der Waals surface area contributed by atoms with E-state index in [-0.39, 0.29) is 22.7 Å². The van der Waals surface area contributed by atoms with Crippen molar-refractivity contribution in [3.05, 3.63) is 53.9 Å². The summed E-state index contributed by atoms with van der Waals surface area (Å²) in [7, 11) is 1.94. The summed E-state index contributed by atoms with van der Waals surface area (Å²) in [6.45, 7) is 7.27. The number of likely N-dealkylation sites (N-methyl/N-ethyl adjacent to an activating group) is 1. The van der Waals surface area contributed by atoms with E-state index >= 15 is 0 Å². The largest absolute Gasteiger partial charge is 0.477 e. The van der Waals surface area contributed by atoms with E-state index < -0.39 is 5.97 Å². The van der Waals surface area contributed by atoms with Crippen molar-refractivity contribution in [1.82, 2.24) is 4.90 Å². The fourth-order valence-corrected chi connectivity index (χ4v) is 4.34. The van der Waals surface area contributed by atoms with E-state index in [1.54, 1.807) is 24.3 Å². The Kier molecular flexibility index (Phi) is 10.8. The zero-order chi connectivity index (χ0) is 26.7. The molecule has 1 fully saturated rings. The molecule has 0 aliphatic carbocycles. The Bertz CT molecular complexity index is 997. The summed E-state index contributed by atoms with van der Waals surface area (Å²) >= 11 is 0. The number of amides is 1. The van der Waals surface area contributed by atoms with E-state index in [0.29, 0.717) is 24.8 Å². The predicted octanol–water partition coefficient (Wildman–Crippen LogP) is 6.36. The number of nitrogens with zero attached hydrogens (tertiary/aromatic N) is 3. The van der Waals surface area contributed by atoms with E-state index in [4.69, 9.17) is 9.47 Å². The number of para-hydroxylation sites is 1. The van der Waals surface area contributed by atoms with Gasteiger partial charge >= 0.3 is 5.97 Å². The van der Waals surface area contributed by atoms with Crippen LogP contribution in [-0.2, 0) is 19.1 Å². The quantitative estimate of drug-likeness (QED) is 0.166. The van der Waals surface area contributed by atoms with Gasteiger partial charge in [-0.05, 0) is 44.6 Å². The number of carbonyl (C=O) groups is 2. The van der Waals surface area contributed by atoms with Crippen LogP contribution in [0.2, 0.25) is 0 Å². The van der Waals surface area contributed by atoms with Crippen molar-refractivity contribution in [2.24, 2.45) is 5.10 Å². The van der Waals surface area contributed by atoms with Crippen LogP contribution in [0.5, 0.6) is 0 Å². The second kappa shape index (κ2) is 14.0. The summed E-state index contributed by atoms with van der Waals surface area (Å²) in [5.74, 6) is -0.302. The van der Waals surface area contributed by atoms with Gasteiger partial charge in [0.25, 0.3) is 5.91 Å². The van der Waals surface area contributed by atoms with Gasteiger partial charge in [-0.3, -0.25) is 4.79 Å². The summed E-state index contributed by atoms with van der Waals surface area (Å²) in [4.78, 5) is 28.2. The number of esters is 1. The standard InChI is InChI=1S/C30H43N3O4/c1-5-6-7-8-9-10-11-12-13-17-22-36-29(35)27-25(20-21-26-32(4)30(2,3)23-37-26)28(34)33(31-27)24-18-15-14-16-19-24/h14-16,18-21H,5-13,17,22-23H2,1-4H3/b25-20?,26-21-. The molecule has 0 radical (unpaired) electrons. The minimum absolute atomic E-state index is 0.0256. The minimum Gasteiger partial charge on any atom is -0.477 e. The fraction of sp³-hybridized carbons (Fsp3) is 0.567. The molecule has 3 rings (SSSR count). The van der Waals surface area contributed by atoms with Crippen molar-refractivity contribution < 1.29 is 19.1 Å². The van der Waals surface area contributed by atoms with Crippen LogP contribution in [0, 0.1) is 0 Å². The van der Waals surface area contributed by atoms with Crippen LogP contribution in [-0.4, -0.2) is 48.3 Å². The van der Waals surface area contributed by atoms with Crippen molar-refractivity contribution in [2.45, 2.75) is 90.5 Å². The lowest BCUT2D eigenvalue weighted by Crippen LogP contribution is -2.36. The lowest BCUT2D eigenvalue weighted by molar-refractivity contribution is -0.135. The van der Waals surface area contributed by atoms with E-state index in [1.165, 1.54) is 50.0 Å². The maximum absolute atomic E-state index is 13.2.